The van der Waals surface area contributed by atoms with Crippen LogP contribution in [0.15, 0.2) is 60.7 Å². The molecule has 110 valence electrons. The van der Waals surface area contributed by atoms with Crippen LogP contribution in [0, 0.1) is 0 Å². The zero-order valence-corrected chi connectivity index (χ0v) is 12.3. The lowest BCUT2D eigenvalue weighted by molar-refractivity contribution is -0.120. The van der Waals surface area contributed by atoms with Gasteiger partial charge in [0.25, 0.3) is 0 Å². The first-order valence-corrected chi connectivity index (χ1v) is 7.28. The van der Waals surface area contributed by atoms with E-state index in [1.165, 1.54) is 5.56 Å². The number of carbonyl (C=O) groups excluding carboxylic acids is 1. The second kappa shape index (κ2) is 7.60. The zero-order valence-electron chi connectivity index (χ0n) is 12.3. The summed E-state index contributed by atoms with van der Waals surface area (Å²) in [4.78, 5) is 11.6. The number of rotatable bonds is 7. The van der Waals surface area contributed by atoms with Gasteiger partial charge in [0.05, 0.1) is 6.04 Å². The van der Waals surface area contributed by atoms with Crippen LogP contribution in [-0.4, -0.2) is 11.9 Å². The van der Waals surface area contributed by atoms with E-state index in [9.17, 15) is 4.79 Å². The number of carbonyl (C=O) groups is 1. The summed E-state index contributed by atoms with van der Waals surface area (Å²) in [6, 6.07) is 19.9. The molecule has 2 aromatic rings. The fourth-order valence-electron chi connectivity index (χ4n) is 2.41. The fourth-order valence-corrected chi connectivity index (χ4v) is 2.41. The molecule has 0 radical (unpaired) electrons. The first-order valence-electron chi connectivity index (χ1n) is 7.28. The van der Waals surface area contributed by atoms with Gasteiger partial charge in [-0.05, 0) is 23.5 Å². The quantitative estimate of drug-likeness (QED) is 0.820. The van der Waals surface area contributed by atoms with Crippen molar-refractivity contribution in [3.63, 3.8) is 0 Å². The van der Waals surface area contributed by atoms with Crippen LogP contribution < -0.4 is 11.1 Å². The first kappa shape index (κ1) is 15.3. The predicted octanol–water partition coefficient (Wildman–Crippen LogP) is 2.82. The Morgan fingerprint density at radius 1 is 1.05 bits per heavy atom. The molecule has 0 aliphatic carbocycles. The Labute approximate surface area is 126 Å². The second-order valence-corrected chi connectivity index (χ2v) is 5.37. The molecule has 2 aromatic carbocycles. The molecule has 0 aliphatic rings. The maximum absolute atomic E-state index is 11.6. The number of nitrogens with one attached hydrogen (secondary N) is 1. The minimum absolute atomic E-state index is 0.284. The summed E-state index contributed by atoms with van der Waals surface area (Å²) in [6.45, 7) is 2.77. The van der Waals surface area contributed by atoms with E-state index >= 15 is 0 Å². The van der Waals surface area contributed by atoms with Crippen molar-refractivity contribution in [3.05, 3.63) is 71.8 Å². The lowest BCUT2D eigenvalue weighted by atomic mass is 9.93. The first-order chi connectivity index (χ1) is 10.2. The van der Waals surface area contributed by atoms with Crippen molar-refractivity contribution in [2.75, 3.05) is 0 Å². The van der Waals surface area contributed by atoms with Crippen LogP contribution in [0.4, 0.5) is 0 Å². The van der Waals surface area contributed by atoms with E-state index in [4.69, 9.17) is 5.73 Å². The van der Waals surface area contributed by atoms with Crippen molar-refractivity contribution < 1.29 is 4.79 Å². The lowest BCUT2D eigenvalue weighted by Gasteiger charge is -2.20. The number of benzene rings is 2. The zero-order chi connectivity index (χ0) is 15.1. The highest BCUT2D eigenvalue weighted by Gasteiger charge is 2.18. The minimum Gasteiger partial charge on any atom is -0.368 e. The summed E-state index contributed by atoms with van der Waals surface area (Å²) in [6.07, 6.45) is 0.701. The SMILES string of the molecule is CC(CC(NCc1ccccc1)C(N)=O)c1ccccc1. The predicted molar refractivity (Wildman–Crippen MR) is 85.7 cm³/mol. The molecule has 1 amide bonds. The molecular weight excluding hydrogens is 260 g/mol. The van der Waals surface area contributed by atoms with Gasteiger partial charge in [-0.25, -0.2) is 0 Å². The topological polar surface area (TPSA) is 55.1 Å². The van der Waals surface area contributed by atoms with Gasteiger partial charge in [-0.2, -0.15) is 0 Å². The molecule has 3 nitrogen and oxygen atoms in total. The van der Waals surface area contributed by atoms with E-state index < -0.39 is 0 Å². The third kappa shape index (κ3) is 4.72. The largest absolute Gasteiger partial charge is 0.368 e. The molecule has 2 rings (SSSR count). The Hall–Kier alpha value is -2.13. The van der Waals surface area contributed by atoms with E-state index in [1.54, 1.807) is 0 Å². The number of nitrogens with two attached hydrogens (primary N) is 1. The molecule has 0 bridgehead atoms. The molecule has 0 aromatic heterocycles. The third-order valence-electron chi connectivity index (χ3n) is 3.70. The van der Waals surface area contributed by atoms with Gasteiger partial charge in [0.15, 0.2) is 0 Å². The molecule has 3 N–H and O–H groups in total. The molecule has 0 fully saturated rings. The van der Waals surface area contributed by atoms with Gasteiger partial charge < -0.3 is 11.1 Å². The lowest BCUT2D eigenvalue weighted by Crippen LogP contribution is -2.41. The summed E-state index contributed by atoms with van der Waals surface area (Å²) in [5.41, 5.74) is 7.90. The second-order valence-electron chi connectivity index (χ2n) is 5.37. The number of hydrogen-bond acceptors (Lipinski definition) is 2. The van der Waals surface area contributed by atoms with Gasteiger partial charge in [0, 0.05) is 6.54 Å². The maximum Gasteiger partial charge on any atom is 0.234 e. The van der Waals surface area contributed by atoms with E-state index in [0.29, 0.717) is 13.0 Å². The van der Waals surface area contributed by atoms with Gasteiger partial charge in [-0.3, -0.25) is 4.79 Å². The van der Waals surface area contributed by atoms with Crippen LogP contribution in [0.2, 0.25) is 0 Å². The molecule has 21 heavy (non-hydrogen) atoms. The Morgan fingerprint density at radius 3 is 2.19 bits per heavy atom. The maximum atomic E-state index is 11.6. The van der Waals surface area contributed by atoms with Crippen molar-refractivity contribution >= 4 is 5.91 Å². The third-order valence-corrected chi connectivity index (χ3v) is 3.70. The molecule has 0 aliphatic heterocycles. The highest BCUT2D eigenvalue weighted by atomic mass is 16.1. The normalized spacial score (nSPS) is 13.6. The standard InChI is InChI=1S/C18H22N2O/c1-14(16-10-6-3-7-11-16)12-17(18(19)21)20-13-15-8-4-2-5-9-15/h2-11,14,17,20H,12-13H2,1H3,(H2,19,21). The molecule has 0 spiro atoms. The van der Waals surface area contributed by atoms with Crippen LogP contribution in [0.3, 0.4) is 0 Å². The molecule has 0 saturated carbocycles. The van der Waals surface area contributed by atoms with Crippen LogP contribution >= 0.6 is 0 Å². The van der Waals surface area contributed by atoms with Crippen molar-refractivity contribution in [2.24, 2.45) is 5.73 Å². The average molecular weight is 282 g/mol. The highest BCUT2D eigenvalue weighted by molar-refractivity contribution is 5.79. The van der Waals surface area contributed by atoms with Gasteiger partial charge in [0.2, 0.25) is 5.91 Å². The van der Waals surface area contributed by atoms with E-state index in [2.05, 4.69) is 24.4 Å². The Kier molecular flexibility index (Phi) is 5.52. The number of primary amides is 1. The van der Waals surface area contributed by atoms with Crippen molar-refractivity contribution in [1.29, 1.82) is 0 Å². The van der Waals surface area contributed by atoms with E-state index in [1.807, 2.05) is 48.5 Å². The summed E-state index contributed by atoms with van der Waals surface area (Å²) >= 11 is 0. The molecule has 0 saturated heterocycles. The molecule has 3 heteroatoms. The van der Waals surface area contributed by atoms with Gasteiger partial charge in [0.1, 0.15) is 0 Å². The average Bonchev–Trinajstić information content (AvgIpc) is 2.52. The summed E-state index contributed by atoms with van der Waals surface area (Å²) in [5.74, 6) is -0.0133. The van der Waals surface area contributed by atoms with Crippen molar-refractivity contribution in [3.8, 4) is 0 Å². The smallest absolute Gasteiger partial charge is 0.234 e. The summed E-state index contributed by atoms with van der Waals surface area (Å²) in [5, 5.41) is 3.26. The minimum atomic E-state index is -0.319. The van der Waals surface area contributed by atoms with Crippen LogP contribution in [-0.2, 0) is 11.3 Å². The summed E-state index contributed by atoms with van der Waals surface area (Å²) < 4.78 is 0. The molecular formula is C18H22N2O. The van der Waals surface area contributed by atoms with Gasteiger partial charge >= 0.3 is 0 Å². The van der Waals surface area contributed by atoms with E-state index in [0.717, 1.165) is 5.56 Å². The molecule has 0 heterocycles. The molecule has 2 unspecified atom stereocenters. The monoisotopic (exact) mass is 282 g/mol. The fraction of sp³-hybridized carbons (Fsp3) is 0.278. The molecule has 2 atom stereocenters. The van der Waals surface area contributed by atoms with Crippen LogP contribution in [0.25, 0.3) is 0 Å². The van der Waals surface area contributed by atoms with Gasteiger partial charge in [-0.1, -0.05) is 67.6 Å². The Morgan fingerprint density at radius 2 is 1.62 bits per heavy atom. The van der Waals surface area contributed by atoms with Crippen molar-refractivity contribution in [1.82, 2.24) is 5.32 Å². The van der Waals surface area contributed by atoms with E-state index in [-0.39, 0.29) is 17.9 Å². The number of hydrogen-bond donors (Lipinski definition) is 2. The van der Waals surface area contributed by atoms with Crippen LogP contribution in [0.5, 0.6) is 0 Å². The Bertz CT molecular complexity index is 554. The Balaban J connectivity index is 1.95. The summed E-state index contributed by atoms with van der Waals surface area (Å²) in [7, 11) is 0. The van der Waals surface area contributed by atoms with Gasteiger partial charge in [-0.15, -0.1) is 0 Å². The van der Waals surface area contributed by atoms with Crippen LogP contribution in [0.1, 0.15) is 30.4 Å². The van der Waals surface area contributed by atoms with Crippen molar-refractivity contribution in [2.45, 2.75) is 31.8 Å². The number of amides is 1. The highest BCUT2D eigenvalue weighted by Crippen LogP contribution is 2.20.